The molecule has 214 valence electrons. The number of para-hydroxylation sites is 1. The molecule has 8 nitrogen and oxygen atoms in total. The summed E-state index contributed by atoms with van der Waals surface area (Å²) in [4.78, 5) is 7.05. The van der Waals surface area contributed by atoms with Gasteiger partial charge in [0.15, 0.2) is 0 Å². The number of benzene rings is 3. The molecule has 0 saturated carbocycles. The molecule has 10 heteroatoms. The quantitative estimate of drug-likeness (QED) is 0.266. The standard InChI is InChI=1S/C33H27F2N7O/c1-40-17-20-5-3-7-28(30(20)39-40)42-18-27(25-6-2-4-19(15-36)32(25)43)29-31(41-10-8-24(37)9-11-41)26(16-38-33(29)42)21-12-22(34)14-23(35)13-21/h2-7,12-14,16-18,24,43H,8-11,37H2,1H3. The van der Waals surface area contributed by atoms with E-state index in [4.69, 9.17) is 15.8 Å². The minimum atomic E-state index is -0.694. The molecule has 3 aromatic heterocycles. The zero-order valence-electron chi connectivity index (χ0n) is 23.3. The van der Waals surface area contributed by atoms with Gasteiger partial charge in [-0.2, -0.15) is 10.4 Å². The van der Waals surface area contributed by atoms with Crippen LogP contribution in [0.4, 0.5) is 14.5 Å². The van der Waals surface area contributed by atoms with Gasteiger partial charge in [0.1, 0.15) is 34.6 Å². The molecule has 3 aromatic carbocycles. The summed E-state index contributed by atoms with van der Waals surface area (Å²) in [6.07, 6.45) is 6.93. The van der Waals surface area contributed by atoms with Gasteiger partial charge >= 0.3 is 0 Å². The SMILES string of the molecule is Cn1cc2cccc(-n3cc(-c4cccc(C#N)c4O)c4c(N5CCC(N)CC5)c(-c5cc(F)cc(F)c5)cnc43)c2n1. The van der Waals surface area contributed by atoms with E-state index in [-0.39, 0.29) is 17.4 Å². The van der Waals surface area contributed by atoms with E-state index in [2.05, 4.69) is 11.0 Å². The first-order chi connectivity index (χ1) is 20.8. The molecule has 4 heterocycles. The maximum Gasteiger partial charge on any atom is 0.147 e. The number of pyridine rings is 1. The molecule has 1 saturated heterocycles. The number of aromatic hydroxyl groups is 1. The van der Waals surface area contributed by atoms with Crippen molar-refractivity contribution < 1.29 is 13.9 Å². The minimum absolute atomic E-state index is 0.0471. The Morgan fingerprint density at radius 2 is 1.72 bits per heavy atom. The van der Waals surface area contributed by atoms with Gasteiger partial charge in [-0.25, -0.2) is 13.8 Å². The number of rotatable bonds is 4. The van der Waals surface area contributed by atoms with Crippen molar-refractivity contribution in [3.05, 3.63) is 90.4 Å². The van der Waals surface area contributed by atoms with Crippen LogP contribution >= 0.6 is 0 Å². The van der Waals surface area contributed by atoms with Gasteiger partial charge in [0.25, 0.3) is 0 Å². The average molecular weight is 576 g/mol. The number of halogens is 2. The Kier molecular flexibility index (Phi) is 6.33. The molecule has 0 radical (unpaired) electrons. The van der Waals surface area contributed by atoms with Gasteiger partial charge in [-0.3, -0.25) is 9.25 Å². The van der Waals surface area contributed by atoms with E-state index in [0.717, 1.165) is 41.2 Å². The summed E-state index contributed by atoms with van der Waals surface area (Å²) in [5.41, 5.74) is 11.2. The van der Waals surface area contributed by atoms with Crippen molar-refractivity contribution in [1.29, 1.82) is 5.26 Å². The maximum absolute atomic E-state index is 14.5. The molecule has 7 rings (SSSR count). The highest BCUT2D eigenvalue weighted by molar-refractivity contribution is 6.10. The molecule has 1 aliphatic heterocycles. The molecule has 0 unspecified atom stereocenters. The van der Waals surface area contributed by atoms with E-state index < -0.39 is 11.6 Å². The van der Waals surface area contributed by atoms with E-state index in [1.54, 1.807) is 29.1 Å². The Hall–Kier alpha value is -5.27. The fourth-order valence-corrected chi connectivity index (χ4v) is 6.13. The van der Waals surface area contributed by atoms with Crippen molar-refractivity contribution in [2.75, 3.05) is 18.0 Å². The lowest BCUT2D eigenvalue weighted by Crippen LogP contribution is -2.40. The Bertz CT molecular complexity index is 2060. The zero-order valence-corrected chi connectivity index (χ0v) is 23.3. The van der Waals surface area contributed by atoms with Crippen LogP contribution in [0.25, 0.3) is 49.9 Å². The molecular weight excluding hydrogens is 548 g/mol. The molecule has 0 spiro atoms. The van der Waals surface area contributed by atoms with Crippen LogP contribution in [-0.4, -0.2) is 43.6 Å². The number of hydrogen-bond acceptors (Lipinski definition) is 6. The summed E-state index contributed by atoms with van der Waals surface area (Å²) >= 11 is 0. The second-order valence-corrected chi connectivity index (χ2v) is 10.9. The lowest BCUT2D eigenvalue weighted by Gasteiger charge is -2.34. The van der Waals surface area contributed by atoms with Crippen LogP contribution in [0, 0.1) is 23.0 Å². The number of aromatic nitrogens is 4. The van der Waals surface area contributed by atoms with Gasteiger partial charge < -0.3 is 15.7 Å². The molecule has 1 fully saturated rings. The fraction of sp³-hybridized carbons (Fsp3) is 0.182. The average Bonchev–Trinajstić information content (AvgIpc) is 3.57. The molecule has 0 bridgehead atoms. The van der Waals surface area contributed by atoms with Gasteiger partial charge in [0.05, 0.1) is 22.3 Å². The summed E-state index contributed by atoms with van der Waals surface area (Å²) in [6.45, 7) is 1.24. The van der Waals surface area contributed by atoms with E-state index in [0.29, 0.717) is 46.4 Å². The number of phenols is 1. The normalized spacial score (nSPS) is 14.1. The first kappa shape index (κ1) is 26.6. The van der Waals surface area contributed by atoms with Crippen LogP contribution in [0.1, 0.15) is 18.4 Å². The second-order valence-electron chi connectivity index (χ2n) is 10.9. The summed E-state index contributed by atoms with van der Waals surface area (Å²) in [7, 11) is 1.86. The predicted octanol–water partition coefficient (Wildman–Crippen LogP) is 6.03. The lowest BCUT2D eigenvalue weighted by molar-refractivity contribution is 0.475. The number of nitrogens with zero attached hydrogens (tertiary/aromatic N) is 6. The number of aryl methyl sites for hydroxylation is 1. The number of fused-ring (bicyclic) bond motifs is 2. The van der Waals surface area contributed by atoms with E-state index >= 15 is 0 Å². The molecule has 43 heavy (non-hydrogen) atoms. The number of nitrogens with two attached hydrogens (primary N) is 1. The van der Waals surface area contributed by atoms with E-state index in [9.17, 15) is 19.1 Å². The number of anilines is 1. The molecule has 3 N–H and O–H groups in total. The highest BCUT2D eigenvalue weighted by Gasteiger charge is 2.28. The monoisotopic (exact) mass is 575 g/mol. The highest BCUT2D eigenvalue weighted by atomic mass is 19.1. The number of nitriles is 1. The van der Waals surface area contributed by atoms with Gasteiger partial charge in [-0.05, 0) is 42.7 Å². The third-order valence-electron chi connectivity index (χ3n) is 8.15. The molecule has 0 amide bonds. The first-order valence-electron chi connectivity index (χ1n) is 14.0. The van der Waals surface area contributed by atoms with Crippen molar-refractivity contribution in [3.8, 4) is 39.8 Å². The third-order valence-corrected chi connectivity index (χ3v) is 8.15. The summed E-state index contributed by atoms with van der Waals surface area (Å²) in [6, 6.07) is 16.4. The van der Waals surface area contributed by atoms with Crippen LogP contribution < -0.4 is 10.6 Å². The topological polar surface area (TPSA) is 109 Å². The molecule has 6 aromatic rings. The summed E-state index contributed by atoms with van der Waals surface area (Å²) in [5, 5.41) is 27.3. The van der Waals surface area contributed by atoms with Crippen molar-refractivity contribution in [2.45, 2.75) is 18.9 Å². The Labute approximate surface area is 245 Å². The third kappa shape index (κ3) is 4.45. The lowest BCUT2D eigenvalue weighted by atomic mass is 9.95. The largest absolute Gasteiger partial charge is 0.506 e. The second kappa shape index (κ2) is 10.2. The molecular formula is C33H27F2N7O. The van der Waals surface area contributed by atoms with Gasteiger partial charge in [0.2, 0.25) is 0 Å². The van der Waals surface area contributed by atoms with E-state index in [1.807, 2.05) is 42.2 Å². The first-order valence-corrected chi connectivity index (χ1v) is 14.0. The van der Waals surface area contributed by atoms with Crippen molar-refractivity contribution in [2.24, 2.45) is 12.8 Å². The van der Waals surface area contributed by atoms with Crippen molar-refractivity contribution >= 4 is 27.6 Å². The Balaban J connectivity index is 1.62. The van der Waals surface area contributed by atoms with Crippen LogP contribution in [-0.2, 0) is 7.05 Å². The van der Waals surface area contributed by atoms with Crippen LogP contribution in [0.2, 0.25) is 0 Å². The number of piperidine rings is 1. The summed E-state index contributed by atoms with van der Waals surface area (Å²) < 4.78 is 32.8. The van der Waals surface area contributed by atoms with Crippen LogP contribution in [0.5, 0.6) is 5.75 Å². The number of hydrogen-bond donors (Lipinski definition) is 2. The van der Waals surface area contributed by atoms with E-state index in [1.165, 1.54) is 12.1 Å². The molecule has 1 aliphatic rings. The Morgan fingerprint density at radius 1 is 0.977 bits per heavy atom. The highest BCUT2D eigenvalue weighted by Crippen LogP contribution is 2.46. The minimum Gasteiger partial charge on any atom is -0.506 e. The number of phenolic OH excluding ortho intramolecular Hbond substituents is 1. The fourth-order valence-electron chi connectivity index (χ4n) is 6.13. The van der Waals surface area contributed by atoms with Crippen molar-refractivity contribution in [3.63, 3.8) is 0 Å². The van der Waals surface area contributed by atoms with Gasteiger partial charge in [0, 0.05) is 72.9 Å². The van der Waals surface area contributed by atoms with Gasteiger partial charge in [-0.15, -0.1) is 0 Å². The Morgan fingerprint density at radius 3 is 2.47 bits per heavy atom. The van der Waals surface area contributed by atoms with Crippen LogP contribution in [0.15, 0.2) is 73.2 Å². The predicted molar refractivity (Wildman–Crippen MR) is 162 cm³/mol. The van der Waals surface area contributed by atoms with Gasteiger partial charge in [-0.1, -0.05) is 24.3 Å². The zero-order chi connectivity index (χ0) is 29.8. The smallest absolute Gasteiger partial charge is 0.147 e. The van der Waals surface area contributed by atoms with Crippen molar-refractivity contribution in [1.82, 2.24) is 19.3 Å². The molecule has 0 atom stereocenters. The molecule has 0 aliphatic carbocycles. The van der Waals surface area contributed by atoms with Crippen LogP contribution in [0.3, 0.4) is 0 Å². The summed E-state index contributed by atoms with van der Waals surface area (Å²) in [5.74, 6) is -1.55. The maximum atomic E-state index is 14.5.